The van der Waals surface area contributed by atoms with Gasteiger partial charge in [0, 0.05) is 6.61 Å². The highest BCUT2D eigenvalue weighted by atomic mass is 32.2. The molecule has 0 spiro atoms. The summed E-state index contributed by atoms with van der Waals surface area (Å²) in [6.45, 7) is 0.614. The van der Waals surface area contributed by atoms with E-state index in [0.29, 0.717) is 6.61 Å². The summed E-state index contributed by atoms with van der Waals surface area (Å²) in [6, 6.07) is 5.08. The van der Waals surface area contributed by atoms with Gasteiger partial charge in [0.1, 0.15) is 5.82 Å². The maximum Gasteiger partial charge on any atom is 0.181 e. The van der Waals surface area contributed by atoms with E-state index in [-0.39, 0.29) is 16.8 Å². The van der Waals surface area contributed by atoms with E-state index in [0.717, 1.165) is 18.9 Å². The highest BCUT2D eigenvalue weighted by Crippen LogP contribution is 2.19. The molecule has 1 aromatic carbocycles. The van der Waals surface area contributed by atoms with Gasteiger partial charge in [-0.2, -0.15) is 0 Å². The number of benzene rings is 1. The van der Waals surface area contributed by atoms with Crippen LogP contribution < -0.4 is 0 Å². The van der Waals surface area contributed by atoms with Crippen molar-refractivity contribution in [2.24, 2.45) is 0 Å². The summed E-state index contributed by atoms with van der Waals surface area (Å²) >= 11 is 0. The minimum absolute atomic E-state index is 0.0306. The zero-order valence-corrected chi connectivity index (χ0v) is 9.54. The Morgan fingerprint density at radius 1 is 1.44 bits per heavy atom. The van der Waals surface area contributed by atoms with Gasteiger partial charge in [-0.25, -0.2) is 12.8 Å². The third-order valence-electron chi connectivity index (χ3n) is 2.58. The van der Waals surface area contributed by atoms with Gasteiger partial charge in [0.25, 0.3) is 0 Å². The third kappa shape index (κ3) is 2.59. The van der Waals surface area contributed by atoms with Crippen molar-refractivity contribution in [2.75, 3.05) is 12.4 Å². The molecule has 0 aromatic heterocycles. The number of sulfone groups is 1. The Kier molecular flexibility index (Phi) is 3.25. The minimum atomic E-state index is -3.43. The molecule has 1 unspecified atom stereocenters. The van der Waals surface area contributed by atoms with Gasteiger partial charge in [-0.05, 0) is 31.0 Å². The molecule has 0 amide bonds. The first-order chi connectivity index (χ1) is 7.58. The summed E-state index contributed by atoms with van der Waals surface area (Å²) in [7, 11) is -3.43. The maximum absolute atomic E-state index is 12.9. The predicted octanol–water partition coefficient (Wildman–Crippen LogP) is 1.78. The van der Waals surface area contributed by atoms with E-state index in [1.54, 1.807) is 0 Å². The zero-order chi connectivity index (χ0) is 11.6. The Bertz CT molecular complexity index is 464. The molecule has 1 aromatic rings. The van der Waals surface area contributed by atoms with Crippen molar-refractivity contribution in [3.05, 3.63) is 30.1 Å². The molecule has 0 saturated carbocycles. The predicted molar refractivity (Wildman–Crippen MR) is 57.4 cm³/mol. The van der Waals surface area contributed by atoms with Crippen LogP contribution in [0.5, 0.6) is 0 Å². The Balaban J connectivity index is 2.18. The van der Waals surface area contributed by atoms with Crippen molar-refractivity contribution in [2.45, 2.75) is 23.8 Å². The molecule has 0 bridgehead atoms. The Labute approximate surface area is 94.2 Å². The molecule has 1 saturated heterocycles. The number of hydrogen-bond donors (Lipinski definition) is 0. The summed E-state index contributed by atoms with van der Waals surface area (Å²) in [5.41, 5.74) is 0. The van der Waals surface area contributed by atoms with E-state index < -0.39 is 15.7 Å². The lowest BCUT2D eigenvalue weighted by atomic mass is 10.3. The number of ether oxygens (including phenoxy) is 1. The fraction of sp³-hybridized carbons (Fsp3) is 0.455. The summed E-state index contributed by atoms with van der Waals surface area (Å²) < 4.78 is 42.0. The molecule has 2 rings (SSSR count). The van der Waals surface area contributed by atoms with E-state index >= 15 is 0 Å². The molecule has 1 atom stereocenters. The summed E-state index contributed by atoms with van der Waals surface area (Å²) in [5.74, 6) is -0.593. The molecule has 3 nitrogen and oxygen atoms in total. The van der Waals surface area contributed by atoms with Gasteiger partial charge in [-0.15, -0.1) is 0 Å². The van der Waals surface area contributed by atoms with Gasteiger partial charge in [-0.1, -0.05) is 6.07 Å². The van der Waals surface area contributed by atoms with Crippen LogP contribution >= 0.6 is 0 Å². The highest BCUT2D eigenvalue weighted by Gasteiger charge is 2.24. The van der Waals surface area contributed by atoms with Crippen molar-refractivity contribution in [1.82, 2.24) is 0 Å². The standard InChI is InChI=1S/C11H13FO3S/c12-9-3-1-5-11(7-9)16(13,14)8-10-4-2-6-15-10/h1,3,5,7,10H,2,4,6,8H2. The fourth-order valence-corrected chi connectivity index (χ4v) is 3.30. The monoisotopic (exact) mass is 244 g/mol. The molecule has 1 fully saturated rings. The zero-order valence-electron chi connectivity index (χ0n) is 8.73. The van der Waals surface area contributed by atoms with E-state index in [1.165, 1.54) is 18.2 Å². The van der Waals surface area contributed by atoms with Crippen molar-refractivity contribution in [3.8, 4) is 0 Å². The number of rotatable bonds is 3. The largest absolute Gasteiger partial charge is 0.377 e. The van der Waals surface area contributed by atoms with E-state index in [4.69, 9.17) is 4.74 Å². The molecule has 0 N–H and O–H groups in total. The lowest BCUT2D eigenvalue weighted by molar-refractivity contribution is 0.127. The highest BCUT2D eigenvalue weighted by molar-refractivity contribution is 7.91. The summed E-state index contributed by atoms with van der Waals surface area (Å²) in [4.78, 5) is 0.0306. The first-order valence-corrected chi connectivity index (χ1v) is 6.83. The van der Waals surface area contributed by atoms with Crippen molar-refractivity contribution >= 4 is 9.84 Å². The summed E-state index contributed by atoms with van der Waals surface area (Å²) in [6.07, 6.45) is 1.41. The fourth-order valence-electron chi connectivity index (χ4n) is 1.78. The molecule has 0 radical (unpaired) electrons. The van der Waals surface area contributed by atoms with Crippen LogP contribution in [0.25, 0.3) is 0 Å². The third-order valence-corrected chi connectivity index (χ3v) is 4.37. The quantitative estimate of drug-likeness (QED) is 0.814. The lowest BCUT2D eigenvalue weighted by Crippen LogP contribution is -2.20. The van der Waals surface area contributed by atoms with Crippen LogP contribution in [0, 0.1) is 5.82 Å². The molecular formula is C11H13FO3S. The SMILES string of the molecule is O=S(=O)(CC1CCCO1)c1cccc(F)c1. The van der Waals surface area contributed by atoms with Gasteiger partial charge >= 0.3 is 0 Å². The second kappa shape index (κ2) is 4.51. The molecular weight excluding hydrogens is 231 g/mol. The Morgan fingerprint density at radius 2 is 2.25 bits per heavy atom. The summed E-state index contributed by atoms with van der Waals surface area (Å²) in [5, 5.41) is 0. The Hall–Kier alpha value is -0.940. The molecule has 1 aliphatic rings. The van der Waals surface area contributed by atoms with Gasteiger partial charge in [-0.3, -0.25) is 0 Å². The average Bonchev–Trinajstić information content (AvgIpc) is 2.70. The topological polar surface area (TPSA) is 43.4 Å². The van der Waals surface area contributed by atoms with Crippen LogP contribution in [-0.2, 0) is 14.6 Å². The molecule has 1 aliphatic heterocycles. The normalized spacial score (nSPS) is 21.2. The van der Waals surface area contributed by atoms with Gasteiger partial charge in [0.05, 0.1) is 16.8 Å². The maximum atomic E-state index is 12.9. The van der Waals surface area contributed by atoms with Crippen LogP contribution in [0.15, 0.2) is 29.2 Å². The minimum Gasteiger partial charge on any atom is -0.377 e. The van der Waals surface area contributed by atoms with Crippen molar-refractivity contribution in [1.29, 1.82) is 0 Å². The second-order valence-corrected chi connectivity index (χ2v) is 5.91. The van der Waals surface area contributed by atoms with Crippen molar-refractivity contribution < 1.29 is 17.5 Å². The number of hydrogen-bond acceptors (Lipinski definition) is 3. The average molecular weight is 244 g/mol. The molecule has 16 heavy (non-hydrogen) atoms. The molecule has 1 heterocycles. The van der Waals surface area contributed by atoms with Crippen LogP contribution in [0.4, 0.5) is 4.39 Å². The smallest absolute Gasteiger partial charge is 0.181 e. The van der Waals surface area contributed by atoms with Gasteiger partial charge in [0.15, 0.2) is 9.84 Å². The van der Waals surface area contributed by atoms with Crippen LogP contribution in [0.3, 0.4) is 0 Å². The van der Waals surface area contributed by atoms with Crippen LogP contribution in [-0.4, -0.2) is 26.9 Å². The Morgan fingerprint density at radius 3 is 2.88 bits per heavy atom. The second-order valence-electron chi connectivity index (χ2n) is 3.87. The van der Waals surface area contributed by atoms with Gasteiger partial charge in [0.2, 0.25) is 0 Å². The lowest BCUT2D eigenvalue weighted by Gasteiger charge is -2.10. The first-order valence-electron chi connectivity index (χ1n) is 5.18. The molecule has 5 heteroatoms. The first kappa shape index (κ1) is 11.5. The van der Waals surface area contributed by atoms with Gasteiger partial charge < -0.3 is 4.74 Å². The molecule has 0 aliphatic carbocycles. The van der Waals surface area contributed by atoms with E-state index in [2.05, 4.69) is 0 Å². The number of halogens is 1. The van der Waals surface area contributed by atoms with E-state index in [9.17, 15) is 12.8 Å². The van der Waals surface area contributed by atoms with E-state index in [1.807, 2.05) is 0 Å². The van der Waals surface area contributed by atoms with Crippen LogP contribution in [0.1, 0.15) is 12.8 Å². The van der Waals surface area contributed by atoms with Crippen LogP contribution in [0.2, 0.25) is 0 Å². The van der Waals surface area contributed by atoms with Crippen molar-refractivity contribution in [3.63, 3.8) is 0 Å². The molecule has 88 valence electrons.